The Morgan fingerprint density at radius 1 is 1.29 bits per heavy atom. The number of benzene rings is 1. The summed E-state index contributed by atoms with van der Waals surface area (Å²) < 4.78 is 5.42. The van der Waals surface area contributed by atoms with Crippen molar-refractivity contribution in [3.63, 3.8) is 0 Å². The molecule has 0 aromatic heterocycles. The van der Waals surface area contributed by atoms with Crippen molar-refractivity contribution < 1.29 is 14.3 Å². The summed E-state index contributed by atoms with van der Waals surface area (Å²) in [6, 6.07) is 5.54. The van der Waals surface area contributed by atoms with Crippen LogP contribution in [0.4, 0.5) is 0 Å². The van der Waals surface area contributed by atoms with E-state index in [0.717, 1.165) is 15.6 Å². The molecule has 1 rings (SSSR count). The van der Waals surface area contributed by atoms with Crippen LogP contribution >= 0.6 is 31.9 Å². The van der Waals surface area contributed by atoms with Crippen molar-refractivity contribution in [2.45, 2.75) is 12.8 Å². The number of ether oxygens (including phenoxy) is 1. The second-order valence-electron chi connectivity index (χ2n) is 3.53. The lowest BCUT2D eigenvalue weighted by Crippen LogP contribution is -2.06. The van der Waals surface area contributed by atoms with Gasteiger partial charge < -0.3 is 4.74 Å². The quantitative estimate of drug-likeness (QED) is 0.596. The van der Waals surface area contributed by atoms with Gasteiger partial charge in [-0.1, -0.05) is 44.0 Å². The summed E-state index contributed by atoms with van der Waals surface area (Å²) in [5.74, 6) is -0.160. The number of rotatable bonds is 5. The second kappa shape index (κ2) is 6.91. The molecule has 0 N–H and O–H groups in total. The lowest BCUT2D eigenvalue weighted by atomic mass is 10.1. The summed E-state index contributed by atoms with van der Waals surface area (Å²) in [5, 5.41) is 0.356. The summed E-state index contributed by atoms with van der Waals surface area (Å²) in [6.07, 6.45) is 0.617. The van der Waals surface area contributed by atoms with Crippen molar-refractivity contribution in [3.05, 3.63) is 33.8 Å². The molecule has 0 aliphatic rings. The fraction of sp³-hybridized carbons (Fsp3) is 0.333. The van der Waals surface area contributed by atoms with Crippen LogP contribution in [0.2, 0.25) is 0 Å². The minimum atomic E-state index is -0.282. The number of hydrogen-bond acceptors (Lipinski definition) is 3. The highest BCUT2D eigenvalue weighted by molar-refractivity contribution is 9.10. The third kappa shape index (κ3) is 4.60. The van der Waals surface area contributed by atoms with E-state index in [2.05, 4.69) is 36.6 Å². The van der Waals surface area contributed by atoms with Crippen LogP contribution in [0.3, 0.4) is 0 Å². The first-order chi connectivity index (χ1) is 8.06. The predicted molar refractivity (Wildman–Crippen MR) is 72.4 cm³/mol. The zero-order valence-corrected chi connectivity index (χ0v) is 12.5. The number of Topliss-reactive ketones (excluding diaryl/α,β-unsaturated/α-hetero) is 1. The van der Waals surface area contributed by atoms with Gasteiger partial charge in [-0.05, 0) is 17.2 Å². The average Bonchev–Trinajstić information content (AvgIpc) is 2.32. The van der Waals surface area contributed by atoms with E-state index >= 15 is 0 Å². The van der Waals surface area contributed by atoms with Crippen molar-refractivity contribution in [2.24, 2.45) is 0 Å². The molecule has 0 fully saturated rings. The van der Waals surface area contributed by atoms with Gasteiger partial charge in [-0.25, -0.2) is 0 Å². The number of hydrogen-bond donors (Lipinski definition) is 0. The van der Waals surface area contributed by atoms with E-state index in [1.807, 2.05) is 18.2 Å². The van der Waals surface area contributed by atoms with Crippen molar-refractivity contribution in [1.29, 1.82) is 0 Å². The molecular weight excluding hydrogens is 352 g/mol. The molecule has 1 aromatic carbocycles. The van der Waals surface area contributed by atoms with Gasteiger partial charge >= 0.3 is 5.97 Å². The molecule has 0 aliphatic heterocycles. The van der Waals surface area contributed by atoms with Crippen LogP contribution in [-0.2, 0) is 27.2 Å². The highest BCUT2D eigenvalue weighted by Gasteiger charge is 2.09. The maximum atomic E-state index is 11.3. The molecule has 0 saturated carbocycles. The molecule has 0 bridgehead atoms. The number of ketones is 1. The summed E-state index contributed by atoms with van der Waals surface area (Å²) in [7, 11) is 1.36. The van der Waals surface area contributed by atoms with E-state index in [9.17, 15) is 9.59 Å². The third-order valence-electron chi connectivity index (χ3n) is 2.23. The van der Waals surface area contributed by atoms with Crippen LogP contribution in [0, 0.1) is 0 Å². The van der Waals surface area contributed by atoms with Gasteiger partial charge in [0.2, 0.25) is 0 Å². The zero-order chi connectivity index (χ0) is 12.8. The fourth-order valence-corrected chi connectivity index (χ4v) is 2.11. The van der Waals surface area contributed by atoms with Gasteiger partial charge in [0.15, 0.2) is 0 Å². The Morgan fingerprint density at radius 3 is 2.53 bits per heavy atom. The van der Waals surface area contributed by atoms with Gasteiger partial charge in [0.05, 0.1) is 18.9 Å². The fourth-order valence-electron chi connectivity index (χ4n) is 1.35. The largest absolute Gasteiger partial charge is 0.469 e. The SMILES string of the molecule is COC(=O)Cc1ccc(CC(=O)CBr)cc1Br. The van der Waals surface area contributed by atoms with Gasteiger partial charge in [0, 0.05) is 10.9 Å². The topological polar surface area (TPSA) is 43.4 Å². The Kier molecular flexibility index (Phi) is 5.85. The molecule has 17 heavy (non-hydrogen) atoms. The Hall–Kier alpha value is -0.680. The van der Waals surface area contributed by atoms with Crippen molar-refractivity contribution in [3.8, 4) is 0 Å². The molecule has 92 valence electrons. The molecule has 0 saturated heterocycles. The standard InChI is InChI=1S/C12H12Br2O3/c1-17-12(16)6-9-3-2-8(5-11(9)14)4-10(15)7-13/h2-3,5H,4,6-7H2,1H3. The van der Waals surface area contributed by atoms with Gasteiger partial charge in [0.1, 0.15) is 5.78 Å². The molecule has 0 heterocycles. The summed E-state index contributed by atoms with van der Waals surface area (Å²) in [5.41, 5.74) is 1.78. The number of halogens is 2. The molecule has 0 amide bonds. The predicted octanol–water partition coefficient (Wildman–Crippen LogP) is 2.67. The van der Waals surface area contributed by atoms with Crippen LogP contribution in [0.5, 0.6) is 0 Å². The lowest BCUT2D eigenvalue weighted by Gasteiger charge is -2.06. The summed E-state index contributed by atoms with van der Waals surface area (Å²) in [4.78, 5) is 22.4. The van der Waals surface area contributed by atoms with Gasteiger partial charge in [-0.15, -0.1) is 0 Å². The highest BCUT2D eigenvalue weighted by atomic mass is 79.9. The van der Waals surface area contributed by atoms with Crippen LogP contribution in [0.25, 0.3) is 0 Å². The summed E-state index contributed by atoms with van der Waals surface area (Å²) in [6.45, 7) is 0. The number of carbonyl (C=O) groups excluding carboxylic acids is 2. The Morgan fingerprint density at radius 2 is 2.00 bits per heavy atom. The first-order valence-electron chi connectivity index (χ1n) is 4.98. The normalized spacial score (nSPS) is 10.1. The molecular formula is C12H12Br2O3. The minimum Gasteiger partial charge on any atom is -0.469 e. The Balaban J connectivity index is 2.79. The zero-order valence-electron chi connectivity index (χ0n) is 9.33. The highest BCUT2D eigenvalue weighted by Crippen LogP contribution is 2.20. The molecule has 1 aromatic rings. The van der Waals surface area contributed by atoms with Crippen molar-refractivity contribution >= 4 is 43.6 Å². The van der Waals surface area contributed by atoms with Crippen LogP contribution in [0.1, 0.15) is 11.1 Å². The van der Waals surface area contributed by atoms with E-state index in [0.29, 0.717) is 11.8 Å². The van der Waals surface area contributed by atoms with E-state index < -0.39 is 0 Å². The maximum Gasteiger partial charge on any atom is 0.310 e. The molecule has 0 spiro atoms. The monoisotopic (exact) mass is 362 g/mol. The molecule has 5 heteroatoms. The number of alkyl halides is 1. The van der Waals surface area contributed by atoms with Gasteiger partial charge in [0.25, 0.3) is 0 Å². The third-order valence-corrected chi connectivity index (χ3v) is 3.59. The molecule has 0 aliphatic carbocycles. The van der Waals surface area contributed by atoms with Crippen LogP contribution < -0.4 is 0 Å². The van der Waals surface area contributed by atoms with Crippen molar-refractivity contribution in [1.82, 2.24) is 0 Å². The maximum absolute atomic E-state index is 11.3. The molecule has 0 radical (unpaired) electrons. The summed E-state index contributed by atoms with van der Waals surface area (Å²) >= 11 is 6.51. The molecule has 0 unspecified atom stereocenters. The smallest absolute Gasteiger partial charge is 0.310 e. The van der Waals surface area contributed by atoms with Gasteiger partial charge in [-0.3, -0.25) is 9.59 Å². The van der Waals surface area contributed by atoms with E-state index in [-0.39, 0.29) is 18.2 Å². The van der Waals surface area contributed by atoms with E-state index in [1.54, 1.807) is 0 Å². The molecule has 3 nitrogen and oxygen atoms in total. The Labute approximate surface area is 117 Å². The van der Waals surface area contributed by atoms with Gasteiger partial charge in [-0.2, -0.15) is 0 Å². The van der Waals surface area contributed by atoms with Crippen LogP contribution in [-0.4, -0.2) is 24.2 Å². The number of carbonyl (C=O) groups is 2. The second-order valence-corrected chi connectivity index (χ2v) is 4.94. The number of esters is 1. The first-order valence-corrected chi connectivity index (χ1v) is 6.90. The van der Waals surface area contributed by atoms with Crippen LogP contribution in [0.15, 0.2) is 22.7 Å². The molecule has 0 atom stereocenters. The lowest BCUT2D eigenvalue weighted by molar-refractivity contribution is -0.139. The van der Waals surface area contributed by atoms with E-state index in [4.69, 9.17) is 0 Å². The first kappa shape index (κ1) is 14.4. The van der Waals surface area contributed by atoms with Crippen molar-refractivity contribution in [2.75, 3.05) is 12.4 Å². The average molecular weight is 364 g/mol. The van der Waals surface area contributed by atoms with E-state index in [1.165, 1.54) is 7.11 Å². The Bertz CT molecular complexity index is 430. The number of methoxy groups -OCH3 is 1. The minimum absolute atomic E-state index is 0.123.